The highest BCUT2D eigenvalue weighted by atomic mass is 32.2. The van der Waals surface area contributed by atoms with Crippen LogP contribution in [0.4, 0.5) is 0 Å². The van der Waals surface area contributed by atoms with Gasteiger partial charge >= 0.3 is 0 Å². The molecule has 0 atom stereocenters. The van der Waals surface area contributed by atoms with Crippen molar-refractivity contribution < 1.29 is 15.0 Å². The average molecular weight is 411 g/mol. The van der Waals surface area contributed by atoms with Gasteiger partial charge in [0.1, 0.15) is 0 Å². The van der Waals surface area contributed by atoms with Crippen molar-refractivity contribution in [2.24, 2.45) is 5.10 Å². The lowest BCUT2D eigenvalue weighted by Gasteiger charge is -2.07. The number of nitrogens with one attached hydrogen (secondary N) is 1. The van der Waals surface area contributed by atoms with Crippen LogP contribution >= 0.6 is 11.8 Å². The van der Waals surface area contributed by atoms with Crippen molar-refractivity contribution in [3.8, 4) is 22.9 Å². The summed E-state index contributed by atoms with van der Waals surface area (Å²) in [6, 6.07) is 12.3. The Morgan fingerprint density at radius 2 is 1.93 bits per heavy atom. The molecule has 0 fully saturated rings. The number of carbonyl (C=O) groups is 1. The molecule has 0 aliphatic rings. The summed E-state index contributed by atoms with van der Waals surface area (Å²) in [4.78, 5) is 12.0. The number of hydrogen-bond acceptors (Lipinski definition) is 7. The van der Waals surface area contributed by atoms with E-state index in [4.69, 9.17) is 0 Å². The molecule has 0 aliphatic carbocycles. The molecule has 0 aliphatic heterocycles. The topological polar surface area (TPSA) is 113 Å². The summed E-state index contributed by atoms with van der Waals surface area (Å²) >= 11 is 1.28. The van der Waals surface area contributed by atoms with Crippen LogP contribution in [0, 0.1) is 6.92 Å². The van der Waals surface area contributed by atoms with Crippen molar-refractivity contribution in [3.63, 3.8) is 0 Å². The van der Waals surface area contributed by atoms with Crippen LogP contribution in [0.1, 0.15) is 18.1 Å². The molecule has 3 N–H and O–H groups in total. The van der Waals surface area contributed by atoms with Crippen LogP contribution < -0.4 is 5.43 Å². The third-order valence-corrected chi connectivity index (χ3v) is 5.04. The monoisotopic (exact) mass is 411 g/mol. The van der Waals surface area contributed by atoms with Crippen LogP contribution in [0.25, 0.3) is 11.4 Å². The van der Waals surface area contributed by atoms with Gasteiger partial charge in [0, 0.05) is 12.1 Å². The van der Waals surface area contributed by atoms with Gasteiger partial charge in [-0.25, -0.2) is 5.43 Å². The molecule has 3 rings (SSSR count). The van der Waals surface area contributed by atoms with Gasteiger partial charge in [-0.3, -0.25) is 4.79 Å². The number of rotatable bonds is 7. The fourth-order valence-electron chi connectivity index (χ4n) is 2.56. The minimum absolute atomic E-state index is 0.129. The number of phenols is 2. The van der Waals surface area contributed by atoms with Crippen LogP contribution in [0.3, 0.4) is 0 Å². The highest BCUT2D eigenvalue weighted by Gasteiger charge is 2.14. The fraction of sp³-hybridized carbons (Fsp3) is 0.200. The molecule has 0 radical (unpaired) electrons. The van der Waals surface area contributed by atoms with E-state index >= 15 is 0 Å². The van der Waals surface area contributed by atoms with E-state index in [2.05, 4.69) is 20.7 Å². The van der Waals surface area contributed by atoms with E-state index in [0.717, 1.165) is 11.4 Å². The third-order valence-electron chi connectivity index (χ3n) is 4.08. The minimum atomic E-state index is -0.295. The Hall–Kier alpha value is -3.33. The minimum Gasteiger partial charge on any atom is -0.504 e. The lowest BCUT2D eigenvalue weighted by atomic mass is 10.1. The molecule has 8 nitrogen and oxygen atoms in total. The number of hydrazone groups is 1. The second kappa shape index (κ2) is 9.24. The summed E-state index contributed by atoms with van der Waals surface area (Å²) in [7, 11) is 0. The fourth-order valence-corrected chi connectivity index (χ4v) is 3.35. The highest BCUT2D eigenvalue weighted by molar-refractivity contribution is 7.99. The van der Waals surface area contributed by atoms with Crippen molar-refractivity contribution >= 4 is 23.9 Å². The molecule has 1 amide bonds. The Kier molecular flexibility index (Phi) is 6.50. The first kappa shape index (κ1) is 20.4. The Morgan fingerprint density at radius 3 is 2.62 bits per heavy atom. The standard InChI is InChI=1S/C20H21N5O3S/c1-3-25-19(15-7-4-13(2)5-8-15)23-24-20(25)29-12-18(28)22-21-11-14-6-9-16(26)17(27)10-14/h4-11,26-27H,3,12H2,1-2H3,(H,22,28)/b21-11+. The number of amides is 1. The van der Waals surface area contributed by atoms with E-state index in [0.29, 0.717) is 17.3 Å². The van der Waals surface area contributed by atoms with Gasteiger partial charge in [0.25, 0.3) is 5.91 Å². The van der Waals surface area contributed by atoms with Gasteiger partial charge in [0.15, 0.2) is 22.5 Å². The van der Waals surface area contributed by atoms with E-state index in [-0.39, 0.29) is 23.2 Å². The Labute approximate surface area is 172 Å². The lowest BCUT2D eigenvalue weighted by Crippen LogP contribution is -2.20. The van der Waals surface area contributed by atoms with Gasteiger partial charge in [0.2, 0.25) is 0 Å². The first-order valence-corrected chi connectivity index (χ1v) is 9.93. The quantitative estimate of drug-likeness (QED) is 0.238. The Bertz CT molecular complexity index is 1030. The molecule has 9 heteroatoms. The number of thioether (sulfide) groups is 1. The number of carbonyl (C=O) groups excluding carboxylic acids is 1. The number of aromatic nitrogens is 3. The largest absolute Gasteiger partial charge is 0.504 e. The molecule has 3 aromatic rings. The van der Waals surface area contributed by atoms with Gasteiger partial charge in [0.05, 0.1) is 12.0 Å². The lowest BCUT2D eigenvalue weighted by molar-refractivity contribution is -0.118. The molecule has 1 heterocycles. The van der Waals surface area contributed by atoms with Crippen LogP contribution in [0.15, 0.2) is 52.7 Å². The van der Waals surface area contributed by atoms with Crippen LogP contribution in [-0.4, -0.2) is 42.9 Å². The normalized spacial score (nSPS) is 11.1. The van der Waals surface area contributed by atoms with E-state index in [9.17, 15) is 15.0 Å². The first-order valence-electron chi connectivity index (χ1n) is 8.95. The first-order chi connectivity index (χ1) is 14.0. The van der Waals surface area contributed by atoms with Crippen molar-refractivity contribution in [2.45, 2.75) is 25.5 Å². The molecule has 150 valence electrons. The third kappa shape index (κ3) is 5.14. The van der Waals surface area contributed by atoms with Gasteiger partial charge in [-0.2, -0.15) is 5.10 Å². The highest BCUT2D eigenvalue weighted by Crippen LogP contribution is 2.25. The SMILES string of the molecule is CCn1c(SCC(=O)N/N=C/c2ccc(O)c(O)c2)nnc1-c1ccc(C)cc1. The molecule has 0 spiro atoms. The maximum Gasteiger partial charge on any atom is 0.250 e. The number of benzene rings is 2. The van der Waals surface area contributed by atoms with E-state index in [1.54, 1.807) is 6.07 Å². The predicted molar refractivity (Wildman–Crippen MR) is 112 cm³/mol. The Balaban J connectivity index is 1.59. The maximum atomic E-state index is 12.0. The van der Waals surface area contributed by atoms with E-state index in [1.807, 2.05) is 42.7 Å². The number of phenolic OH excluding ortho intramolecular Hbond substituents is 2. The van der Waals surface area contributed by atoms with Gasteiger partial charge in [-0.1, -0.05) is 41.6 Å². The van der Waals surface area contributed by atoms with Crippen LogP contribution in [0.5, 0.6) is 11.5 Å². The Morgan fingerprint density at radius 1 is 1.17 bits per heavy atom. The van der Waals surface area contributed by atoms with Crippen molar-refractivity contribution in [1.82, 2.24) is 20.2 Å². The van der Waals surface area contributed by atoms with Crippen LogP contribution in [0.2, 0.25) is 0 Å². The molecule has 0 saturated heterocycles. The predicted octanol–water partition coefficient (Wildman–Crippen LogP) is 2.93. The summed E-state index contributed by atoms with van der Waals surface area (Å²) < 4.78 is 1.96. The molecule has 0 bridgehead atoms. The molecule has 2 aromatic carbocycles. The van der Waals surface area contributed by atoms with Gasteiger partial charge in [-0.05, 0) is 37.6 Å². The van der Waals surface area contributed by atoms with Crippen molar-refractivity contribution in [3.05, 3.63) is 53.6 Å². The molecule has 0 saturated carbocycles. The smallest absolute Gasteiger partial charge is 0.250 e. The second-order valence-corrected chi connectivity index (χ2v) is 7.19. The summed E-state index contributed by atoms with van der Waals surface area (Å²) in [5.74, 6) is 0.133. The zero-order valence-electron chi connectivity index (χ0n) is 16.0. The summed E-state index contributed by atoms with van der Waals surface area (Å²) in [6.45, 7) is 4.71. The average Bonchev–Trinajstić information content (AvgIpc) is 3.12. The van der Waals surface area contributed by atoms with Crippen molar-refractivity contribution in [2.75, 3.05) is 5.75 Å². The summed E-state index contributed by atoms with van der Waals surface area (Å²) in [5.41, 5.74) is 5.12. The second-order valence-electron chi connectivity index (χ2n) is 6.25. The van der Waals surface area contributed by atoms with Gasteiger partial charge < -0.3 is 14.8 Å². The van der Waals surface area contributed by atoms with Gasteiger partial charge in [-0.15, -0.1) is 10.2 Å². The van der Waals surface area contributed by atoms with Crippen molar-refractivity contribution in [1.29, 1.82) is 0 Å². The number of nitrogens with zero attached hydrogens (tertiary/aromatic N) is 4. The number of aromatic hydroxyl groups is 2. The number of aryl methyl sites for hydroxylation is 1. The molecule has 29 heavy (non-hydrogen) atoms. The zero-order chi connectivity index (χ0) is 20.8. The van der Waals surface area contributed by atoms with E-state index < -0.39 is 0 Å². The molecule has 1 aromatic heterocycles. The zero-order valence-corrected chi connectivity index (χ0v) is 16.8. The molecular weight excluding hydrogens is 390 g/mol. The molecule has 0 unspecified atom stereocenters. The molecular formula is C20H21N5O3S. The van der Waals surface area contributed by atoms with Crippen LogP contribution in [-0.2, 0) is 11.3 Å². The summed E-state index contributed by atoms with van der Waals surface area (Å²) in [6.07, 6.45) is 1.38. The maximum absolute atomic E-state index is 12.0. The van der Waals surface area contributed by atoms with E-state index in [1.165, 1.54) is 35.7 Å². The number of hydrogen-bond donors (Lipinski definition) is 3. The summed E-state index contributed by atoms with van der Waals surface area (Å²) in [5, 5.41) is 31.7.